The van der Waals surface area contributed by atoms with Crippen molar-refractivity contribution in [2.75, 3.05) is 5.32 Å². The normalized spacial score (nSPS) is 10.3. The minimum absolute atomic E-state index is 0.377. The second-order valence-electron chi connectivity index (χ2n) is 3.77. The Morgan fingerprint density at radius 1 is 1.56 bits per heavy atom. The molecule has 2 aromatic rings. The standard InChI is InChI=1S/C11H12BrN5S/c1-17-6-15-16-10(17)5-14-7-2-3-8(11(13)18)9(12)4-7/h2-4,6,14H,5H2,1H3,(H2,13,18). The Kier molecular flexibility index (Phi) is 3.93. The lowest BCUT2D eigenvalue weighted by atomic mass is 10.2. The molecule has 2 rings (SSSR count). The predicted molar refractivity (Wildman–Crippen MR) is 78.4 cm³/mol. The van der Waals surface area contributed by atoms with Crippen molar-refractivity contribution < 1.29 is 0 Å². The highest BCUT2D eigenvalue weighted by Crippen LogP contribution is 2.21. The van der Waals surface area contributed by atoms with Gasteiger partial charge in [-0.15, -0.1) is 10.2 Å². The van der Waals surface area contributed by atoms with Gasteiger partial charge in [-0.1, -0.05) is 12.2 Å². The summed E-state index contributed by atoms with van der Waals surface area (Å²) in [5.74, 6) is 0.865. The van der Waals surface area contributed by atoms with Crippen molar-refractivity contribution in [2.24, 2.45) is 12.8 Å². The van der Waals surface area contributed by atoms with Crippen LogP contribution in [-0.2, 0) is 13.6 Å². The number of anilines is 1. The third-order valence-corrected chi connectivity index (χ3v) is 3.37. The van der Waals surface area contributed by atoms with Gasteiger partial charge < -0.3 is 15.6 Å². The van der Waals surface area contributed by atoms with E-state index in [1.807, 2.05) is 29.8 Å². The van der Waals surface area contributed by atoms with Gasteiger partial charge in [0.25, 0.3) is 0 Å². The number of benzene rings is 1. The first kappa shape index (κ1) is 13.0. The molecule has 7 heteroatoms. The first-order valence-corrected chi connectivity index (χ1v) is 6.44. The van der Waals surface area contributed by atoms with E-state index < -0.39 is 0 Å². The monoisotopic (exact) mass is 325 g/mol. The molecule has 0 unspecified atom stereocenters. The zero-order chi connectivity index (χ0) is 13.1. The van der Waals surface area contributed by atoms with E-state index in [1.54, 1.807) is 6.33 Å². The number of hydrogen-bond donors (Lipinski definition) is 2. The van der Waals surface area contributed by atoms with Gasteiger partial charge in [0.1, 0.15) is 11.3 Å². The first-order chi connectivity index (χ1) is 8.58. The molecule has 0 fully saturated rings. The van der Waals surface area contributed by atoms with Crippen LogP contribution in [0.1, 0.15) is 11.4 Å². The number of halogens is 1. The van der Waals surface area contributed by atoms with E-state index in [0.717, 1.165) is 21.5 Å². The van der Waals surface area contributed by atoms with Gasteiger partial charge in [0.2, 0.25) is 0 Å². The molecule has 0 aliphatic carbocycles. The van der Waals surface area contributed by atoms with E-state index in [0.29, 0.717) is 11.5 Å². The van der Waals surface area contributed by atoms with E-state index in [9.17, 15) is 0 Å². The highest BCUT2D eigenvalue weighted by atomic mass is 79.9. The number of nitrogens with zero attached hydrogens (tertiary/aromatic N) is 3. The largest absolute Gasteiger partial charge is 0.389 e. The Bertz CT molecular complexity index is 581. The average molecular weight is 326 g/mol. The van der Waals surface area contributed by atoms with Crippen molar-refractivity contribution in [1.29, 1.82) is 0 Å². The van der Waals surface area contributed by atoms with Crippen molar-refractivity contribution in [3.63, 3.8) is 0 Å². The van der Waals surface area contributed by atoms with Gasteiger partial charge in [0, 0.05) is 22.8 Å². The topological polar surface area (TPSA) is 68.8 Å². The molecule has 1 aromatic carbocycles. The second-order valence-corrected chi connectivity index (χ2v) is 5.06. The molecule has 0 amide bonds. The van der Waals surface area contributed by atoms with Crippen LogP contribution in [0.15, 0.2) is 29.0 Å². The molecule has 0 saturated heterocycles. The van der Waals surface area contributed by atoms with Crippen LogP contribution >= 0.6 is 28.1 Å². The van der Waals surface area contributed by atoms with Crippen molar-refractivity contribution in [1.82, 2.24) is 14.8 Å². The van der Waals surface area contributed by atoms with Gasteiger partial charge in [-0.25, -0.2) is 0 Å². The quantitative estimate of drug-likeness (QED) is 0.839. The number of nitrogens with two attached hydrogens (primary N) is 1. The van der Waals surface area contributed by atoms with E-state index in [-0.39, 0.29) is 0 Å². The average Bonchev–Trinajstić information content (AvgIpc) is 2.72. The van der Waals surface area contributed by atoms with E-state index >= 15 is 0 Å². The molecule has 94 valence electrons. The van der Waals surface area contributed by atoms with Crippen LogP contribution in [0, 0.1) is 0 Å². The molecule has 0 aliphatic rings. The molecule has 18 heavy (non-hydrogen) atoms. The molecule has 1 aromatic heterocycles. The summed E-state index contributed by atoms with van der Waals surface area (Å²) in [6.07, 6.45) is 1.67. The van der Waals surface area contributed by atoms with Crippen LogP contribution in [0.3, 0.4) is 0 Å². The van der Waals surface area contributed by atoms with Crippen LogP contribution in [0.4, 0.5) is 5.69 Å². The third kappa shape index (κ3) is 2.85. The molecule has 0 radical (unpaired) electrons. The van der Waals surface area contributed by atoms with E-state index in [2.05, 4.69) is 31.4 Å². The fourth-order valence-corrected chi connectivity index (χ4v) is 2.37. The number of aryl methyl sites for hydroxylation is 1. The number of rotatable bonds is 4. The molecule has 1 heterocycles. The molecule has 0 saturated carbocycles. The molecule has 5 nitrogen and oxygen atoms in total. The summed E-state index contributed by atoms with van der Waals surface area (Å²) in [6.45, 7) is 0.607. The summed E-state index contributed by atoms with van der Waals surface area (Å²) in [7, 11) is 1.91. The SMILES string of the molecule is Cn1cnnc1CNc1ccc(C(N)=S)c(Br)c1. The Morgan fingerprint density at radius 2 is 2.33 bits per heavy atom. The molecule has 0 spiro atoms. The minimum Gasteiger partial charge on any atom is -0.389 e. The Balaban J connectivity index is 2.09. The Labute approximate surface area is 119 Å². The minimum atomic E-state index is 0.377. The van der Waals surface area contributed by atoms with Gasteiger partial charge in [0.05, 0.1) is 6.54 Å². The number of aromatic nitrogens is 3. The summed E-state index contributed by atoms with van der Waals surface area (Å²) in [5.41, 5.74) is 7.39. The van der Waals surface area contributed by atoms with Crippen molar-refractivity contribution in [3.05, 3.63) is 40.4 Å². The van der Waals surface area contributed by atoms with Crippen LogP contribution in [0.2, 0.25) is 0 Å². The van der Waals surface area contributed by atoms with Crippen molar-refractivity contribution >= 4 is 38.8 Å². The fourth-order valence-electron chi connectivity index (χ4n) is 1.47. The highest BCUT2D eigenvalue weighted by molar-refractivity contribution is 9.10. The summed E-state index contributed by atoms with van der Waals surface area (Å²) in [6, 6.07) is 5.74. The summed E-state index contributed by atoms with van der Waals surface area (Å²) in [5, 5.41) is 11.1. The number of hydrogen-bond acceptors (Lipinski definition) is 4. The van der Waals surface area contributed by atoms with Gasteiger partial charge in [0.15, 0.2) is 5.82 Å². The van der Waals surface area contributed by atoms with Crippen molar-refractivity contribution in [2.45, 2.75) is 6.54 Å². The maximum Gasteiger partial charge on any atom is 0.151 e. The molecule has 0 bridgehead atoms. The lowest BCUT2D eigenvalue weighted by Gasteiger charge is -2.08. The van der Waals surface area contributed by atoms with Crippen LogP contribution in [0.5, 0.6) is 0 Å². The molecule has 3 N–H and O–H groups in total. The smallest absolute Gasteiger partial charge is 0.151 e. The molecule has 0 atom stereocenters. The molecular weight excluding hydrogens is 314 g/mol. The lowest BCUT2D eigenvalue weighted by molar-refractivity contribution is 0.812. The zero-order valence-corrected chi connectivity index (χ0v) is 12.1. The third-order valence-electron chi connectivity index (χ3n) is 2.49. The summed E-state index contributed by atoms with van der Waals surface area (Å²) < 4.78 is 2.74. The van der Waals surface area contributed by atoms with Crippen LogP contribution in [0.25, 0.3) is 0 Å². The van der Waals surface area contributed by atoms with Gasteiger partial charge in [-0.2, -0.15) is 0 Å². The van der Waals surface area contributed by atoms with Gasteiger partial charge in [-0.3, -0.25) is 0 Å². The van der Waals surface area contributed by atoms with Crippen LogP contribution in [-0.4, -0.2) is 19.8 Å². The Hall–Kier alpha value is -1.47. The van der Waals surface area contributed by atoms with Gasteiger partial charge in [-0.05, 0) is 34.1 Å². The number of nitrogens with one attached hydrogen (secondary N) is 1. The second kappa shape index (κ2) is 5.45. The molecule has 0 aliphatic heterocycles. The van der Waals surface area contributed by atoms with E-state index in [4.69, 9.17) is 18.0 Å². The maximum absolute atomic E-state index is 5.60. The zero-order valence-electron chi connectivity index (χ0n) is 9.72. The highest BCUT2D eigenvalue weighted by Gasteiger charge is 2.05. The maximum atomic E-state index is 5.60. The van der Waals surface area contributed by atoms with Crippen LogP contribution < -0.4 is 11.1 Å². The summed E-state index contributed by atoms with van der Waals surface area (Å²) >= 11 is 8.39. The Morgan fingerprint density at radius 3 is 2.89 bits per heavy atom. The first-order valence-electron chi connectivity index (χ1n) is 5.24. The lowest BCUT2D eigenvalue weighted by Crippen LogP contribution is -2.10. The van der Waals surface area contributed by atoms with E-state index in [1.165, 1.54) is 0 Å². The fraction of sp³-hybridized carbons (Fsp3) is 0.182. The van der Waals surface area contributed by atoms with Gasteiger partial charge >= 0.3 is 0 Å². The number of thiocarbonyl (C=S) groups is 1. The predicted octanol–water partition coefficient (Wildman–Crippen LogP) is 1.82. The molecular formula is C11H12BrN5S. The van der Waals surface area contributed by atoms with Crippen molar-refractivity contribution in [3.8, 4) is 0 Å². The summed E-state index contributed by atoms with van der Waals surface area (Å²) in [4.78, 5) is 0.377.